The van der Waals surface area contributed by atoms with Crippen molar-refractivity contribution < 1.29 is 9.53 Å². The van der Waals surface area contributed by atoms with Crippen molar-refractivity contribution in [2.45, 2.75) is 26.3 Å². The van der Waals surface area contributed by atoms with E-state index in [1.54, 1.807) is 11.3 Å². The number of hydrogen-bond donors (Lipinski definition) is 1. The maximum atomic E-state index is 11.8. The van der Waals surface area contributed by atoms with E-state index in [-0.39, 0.29) is 12.0 Å². The summed E-state index contributed by atoms with van der Waals surface area (Å²) in [6.07, 6.45) is 0.985. The van der Waals surface area contributed by atoms with E-state index in [0.29, 0.717) is 6.61 Å². The van der Waals surface area contributed by atoms with Crippen molar-refractivity contribution in [1.82, 2.24) is 5.32 Å². The first-order valence-corrected chi connectivity index (χ1v) is 7.00. The molecule has 90 valence electrons. The summed E-state index contributed by atoms with van der Waals surface area (Å²) in [4.78, 5) is 12.8. The van der Waals surface area contributed by atoms with Crippen LogP contribution in [0.4, 0.5) is 0 Å². The first kappa shape index (κ1) is 13.7. The molecule has 1 aromatic rings. The molecule has 0 fully saturated rings. The number of hydrogen-bond acceptors (Lipinski definition) is 4. The number of carbonyl (C=O) groups excluding carboxylic acids is 1. The lowest BCUT2D eigenvalue weighted by Gasteiger charge is -2.16. The molecule has 0 amide bonds. The van der Waals surface area contributed by atoms with Gasteiger partial charge < -0.3 is 10.1 Å². The van der Waals surface area contributed by atoms with Crippen molar-refractivity contribution in [3.05, 3.63) is 20.8 Å². The Morgan fingerprint density at radius 2 is 2.38 bits per heavy atom. The molecule has 1 heterocycles. The summed E-state index contributed by atoms with van der Waals surface area (Å²) in [6.45, 7) is 5.09. The molecule has 1 atom stereocenters. The summed E-state index contributed by atoms with van der Waals surface area (Å²) in [7, 11) is 0. The standard InChI is InChI=1S/C11H16BrNO2S/c1-3-6-13-9(11(14)15-4-2)10-8(12)5-7-16-10/h5,7,9,13H,3-4,6H2,1-2H3. The summed E-state index contributed by atoms with van der Waals surface area (Å²) in [5.74, 6) is -0.209. The predicted molar refractivity (Wildman–Crippen MR) is 69.7 cm³/mol. The highest BCUT2D eigenvalue weighted by atomic mass is 79.9. The third kappa shape index (κ3) is 3.57. The Balaban J connectivity index is 2.78. The van der Waals surface area contributed by atoms with Crippen LogP contribution in [0.25, 0.3) is 0 Å². The van der Waals surface area contributed by atoms with Crippen LogP contribution in [0.5, 0.6) is 0 Å². The molecule has 0 aromatic carbocycles. The molecule has 1 unspecified atom stereocenters. The molecule has 16 heavy (non-hydrogen) atoms. The van der Waals surface area contributed by atoms with Crippen LogP contribution in [-0.2, 0) is 9.53 Å². The van der Waals surface area contributed by atoms with Crippen LogP contribution in [-0.4, -0.2) is 19.1 Å². The minimum Gasteiger partial charge on any atom is -0.465 e. The van der Waals surface area contributed by atoms with Gasteiger partial charge in [-0.2, -0.15) is 0 Å². The van der Waals surface area contributed by atoms with E-state index in [9.17, 15) is 4.79 Å². The molecule has 0 aliphatic rings. The zero-order valence-corrected chi connectivity index (χ0v) is 11.9. The van der Waals surface area contributed by atoms with Gasteiger partial charge in [-0.15, -0.1) is 11.3 Å². The summed E-state index contributed by atoms with van der Waals surface area (Å²) in [5.41, 5.74) is 0. The van der Waals surface area contributed by atoms with Crippen LogP contribution in [0, 0.1) is 0 Å². The molecule has 1 rings (SSSR count). The fraction of sp³-hybridized carbons (Fsp3) is 0.545. The van der Waals surface area contributed by atoms with Gasteiger partial charge in [0.15, 0.2) is 0 Å². The quantitative estimate of drug-likeness (QED) is 0.821. The van der Waals surface area contributed by atoms with E-state index in [0.717, 1.165) is 22.3 Å². The molecule has 0 bridgehead atoms. The SMILES string of the molecule is CCCNC(C(=O)OCC)c1sccc1Br. The van der Waals surface area contributed by atoms with E-state index in [1.165, 1.54) is 0 Å². The van der Waals surface area contributed by atoms with E-state index in [2.05, 4.69) is 28.2 Å². The smallest absolute Gasteiger partial charge is 0.328 e. The van der Waals surface area contributed by atoms with Crippen molar-refractivity contribution in [3.8, 4) is 0 Å². The topological polar surface area (TPSA) is 38.3 Å². The van der Waals surface area contributed by atoms with Crippen LogP contribution < -0.4 is 5.32 Å². The Morgan fingerprint density at radius 3 is 2.88 bits per heavy atom. The number of ether oxygens (including phenoxy) is 1. The average Bonchev–Trinajstić information content (AvgIpc) is 2.66. The summed E-state index contributed by atoms with van der Waals surface area (Å²) < 4.78 is 6.02. The molecule has 0 saturated heterocycles. The van der Waals surface area contributed by atoms with Crippen LogP contribution in [0.1, 0.15) is 31.2 Å². The fourth-order valence-corrected chi connectivity index (χ4v) is 2.97. The van der Waals surface area contributed by atoms with Gasteiger partial charge in [-0.05, 0) is 47.3 Å². The summed E-state index contributed by atoms with van der Waals surface area (Å²) in [5, 5.41) is 5.16. The maximum absolute atomic E-state index is 11.8. The maximum Gasteiger partial charge on any atom is 0.328 e. The van der Waals surface area contributed by atoms with Gasteiger partial charge in [-0.3, -0.25) is 0 Å². The van der Waals surface area contributed by atoms with Crippen LogP contribution in [0.3, 0.4) is 0 Å². The molecule has 0 spiro atoms. The molecular formula is C11H16BrNO2S. The number of thiophene rings is 1. The Bertz CT molecular complexity index is 340. The van der Waals surface area contributed by atoms with E-state index < -0.39 is 0 Å². The molecule has 1 aromatic heterocycles. The van der Waals surface area contributed by atoms with Gasteiger partial charge in [0.1, 0.15) is 6.04 Å². The summed E-state index contributed by atoms with van der Waals surface area (Å²) >= 11 is 4.99. The highest BCUT2D eigenvalue weighted by Gasteiger charge is 2.24. The third-order valence-corrected chi connectivity index (χ3v) is 3.96. The molecule has 3 nitrogen and oxygen atoms in total. The molecule has 0 aliphatic carbocycles. The fourth-order valence-electron chi connectivity index (χ4n) is 1.31. The van der Waals surface area contributed by atoms with Gasteiger partial charge in [0.05, 0.1) is 6.61 Å². The van der Waals surface area contributed by atoms with Crippen molar-refractivity contribution in [2.24, 2.45) is 0 Å². The van der Waals surface area contributed by atoms with Crippen molar-refractivity contribution in [1.29, 1.82) is 0 Å². The lowest BCUT2D eigenvalue weighted by atomic mass is 10.2. The molecule has 0 aliphatic heterocycles. The van der Waals surface area contributed by atoms with Crippen LogP contribution in [0.2, 0.25) is 0 Å². The number of carbonyl (C=O) groups is 1. The van der Waals surface area contributed by atoms with Gasteiger partial charge >= 0.3 is 5.97 Å². The van der Waals surface area contributed by atoms with Crippen molar-refractivity contribution in [2.75, 3.05) is 13.2 Å². The first-order chi connectivity index (χ1) is 7.70. The zero-order valence-electron chi connectivity index (χ0n) is 9.46. The van der Waals surface area contributed by atoms with Gasteiger partial charge in [-0.1, -0.05) is 6.92 Å². The lowest BCUT2D eigenvalue weighted by molar-refractivity contribution is -0.145. The van der Waals surface area contributed by atoms with E-state index in [1.807, 2.05) is 18.4 Å². The Morgan fingerprint density at radius 1 is 1.62 bits per heavy atom. The number of esters is 1. The van der Waals surface area contributed by atoms with Gasteiger partial charge in [-0.25, -0.2) is 4.79 Å². The highest BCUT2D eigenvalue weighted by molar-refractivity contribution is 9.10. The van der Waals surface area contributed by atoms with E-state index in [4.69, 9.17) is 4.74 Å². The van der Waals surface area contributed by atoms with Gasteiger partial charge in [0.2, 0.25) is 0 Å². The number of nitrogens with one attached hydrogen (secondary N) is 1. The van der Waals surface area contributed by atoms with Crippen LogP contribution in [0.15, 0.2) is 15.9 Å². The molecule has 5 heteroatoms. The summed E-state index contributed by atoms with van der Waals surface area (Å²) in [6, 6.07) is 1.59. The van der Waals surface area contributed by atoms with E-state index >= 15 is 0 Å². The molecule has 0 radical (unpaired) electrons. The minimum absolute atomic E-state index is 0.209. The normalized spacial score (nSPS) is 12.4. The molecule has 0 saturated carbocycles. The second-order valence-corrected chi connectivity index (χ2v) is 5.07. The second kappa shape index (κ2) is 7.04. The highest BCUT2D eigenvalue weighted by Crippen LogP contribution is 2.29. The molecular weight excluding hydrogens is 290 g/mol. The van der Waals surface area contributed by atoms with Crippen LogP contribution >= 0.6 is 27.3 Å². The Hall–Kier alpha value is -0.390. The number of halogens is 1. The average molecular weight is 306 g/mol. The first-order valence-electron chi connectivity index (χ1n) is 5.33. The predicted octanol–water partition coefficient (Wildman–Crippen LogP) is 3.11. The monoisotopic (exact) mass is 305 g/mol. The second-order valence-electron chi connectivity index (χ2n) is 3.27. The zero-order chi connectivity index (χ0) is 12.0. The van der Waals surface area contributed by atoms with Crippen molar-refractivity contribution in [3.63, 3.8) is 0 Å². The van der Waals surface area contributed by atoms with Gasteiger partial charge in [0, 0.05) is 9.35 Å². The molecule has 1 N–H and O–H groups in total. The van der Waals surface area contributed by atoms with Crippen molar-refractivity contribution >= 4 is 33.2 Å². The van der Waals surface area contributed by atoms with Gasteiger partial charge in [0.25, 0.3) is 0 Å². The lowest BCUT2D eigenvalue weighted by Crippen LogP contribution is -2.30. The third-order valence-electron chi connectivity index (χ3n) is 2.03. The largest absolute Gasteiger partial charge is 0.465 e. The Labute approximate surface area is 108 Å². The minimum atomic E-state index is -0.353. The Kier molecular flexibility index (Phi) is 6.01. The number of rotatable bonds is 6.